The molecule has 13 heavy (non-hydrogen) atoms. The number of amides is 1. The van der Waals surface area contributed by atoms with E-state index in [9.17, 15) is 4.79 Å². The topological polar surface area (TPSA) is 33.5 Å². The molecule has 0 heterocycles. The van der Waals surface area contributed by atoms with E-state index in [4.69, 9.17) is 6.57 Å². The normalized spacial score (nSPS) is 8.92. The van der Waals surface area contributed by atoms with Crippen LogP contribution in [0.3, 0.4) is 0 Å². The molecule has 0 saturated carbocycles. The first-order valence-electron chi connectivity index (χ1n) is 4.03. The molecule has 1 aromatic rings. The number of hydrogen-bond donors (Lipinski definition) is 1. The molecule has 66 valence electrons. The van der Waals surface area contributed by atoms with Gasteiger partial charge >= 0.3 is 0 Å². The van der Waals surface area contributed by atoms with Gasteiger partial charge in [-0.1, -0.05) is 18.2 Å². The number of carbonyl (C=O) groups is 1. The molecule has 0 fully saturated rings. The highest BCUT2D eigenvalue weighted by Crippen LogP contribution is 2.13. The van der Waals surface area contributed by atoms with Crippen molar-refractivity contribution in [2.24, 2.45) is 0 Å². The van der Waals surface area contributed by atoms with Gasteiger partial charge in [0.25, 0.3) is 0 Å². The molecule has 0 bridgehead atoms. The molecule has 3 heteroatoms. The average Bonchev–Trinajstić information content (AvgIpc) is 2.18. The summed E-state index contributed by atoms with van der Waals surface area (Å²) >= 11 is 0. The smallest absolute Gasteiger partial charge is 0.249 e. The van der Waals surface area contributed by atoms with Gasteiger partial charge in [-0.15, -0.1) is 0 Å². The summed E-state index contributed by atoms with van der Waals surface area (Å²) in [6, 6.07) is 6.66. The third kappa shape index (κ3) is 2.31. The van der Waals surface area contributed by atoms with Gasteiger partial charge in [0, 0.05) is 12.1 Å². The van der Waals surface area contributed by atoms with Gasteiger partial charge in [0.1, 0.15) is 0 Å². The lowest BCUT2D eigenvalue weighted by atomic mass is 10.2. The highest BCUT2D eigenvalue weighted by Gasteiger charge is 2.03. The number of carbonyl (C=O) groups excluding carboxylic acids is 1. The van der Waals surface area contributed by atoms with Gasteiger partial charge < -0.3 is 5.32 Å². The van der Waals surface area contributed by atoms with Gasteiger partial charge in [-0.3, -0.25) is 4.79 Å². The van der Waals surface area contributed by atoms with Crippen molar-refractivity contribution in [2.75, 3.05) is 6.54 Å². The van der Waals surface area contributed by atoms with E-state index < -0.39 is 0 Å². The molecule has 1 amide bonds. The number of benzene rings is 1. The van der Waals surface area contributed by atoms with E-state index in [0.717, 1.165) is 0 Å². The summed E-state index contributed by atoms with van der Waals surface area (Å²) < 4.78 is 0. The molecule has 3 nitrogen and oxygen atoms in total. The van der Waals surface area contributed by atoms with Crippen LogP contribution in [0.5, 0.6) is 0 Å². The van der Waals surface area contributed by atoms with E-state index in [1.165, 1.54) is 0 Å². The van der Waals surface area contributed by atoms with Gasteiger partial charge in [0.2, 0.25) is 5.91 Å². The summed E-state index contributed by atoms with van der Waals surface area (Å²) in [6.45, 7) is 9.23. The van der Waals surface area contributed by atoms with Crippen molar-refractivity contribution < 1.29 is 4.79 Å². The predicted octanol–water partition coefficient (Wildman–Crippen LogP) is 1.99. The van der Waals surface area contributed by atoms with Crippen LogP contribution in [0, 0.1) is 6.57 Å². The first-order chi connectivity index (χ1) is 6.27. The Morgan fingerprint density at radius 1 is 1.62 bits per heavy atom. The van der Waals surface area contributed by atoms with Crippen molar-refractivity contribution in [3.63, 3.8) is 0 Å². The number of rotatable bonds is 2. The second kappa shape index (κ2) is 4.27. The van der Waals surface area contributed by atoms with Gasteiger partial charge in [-0.05, 0) is 13.0 Å². The fraction of sp³-hybridized carbons (Fsp3) is 0.200. The lowest BCUT2D eigenvalue weighted by Gasteiger charge is -2.01. The summed E-state index contributed by atoms with van der Waals surface area (Å²) in [5.41, 5.74) is 1.03. The highest BCUT2D eigenvalue weighted by atomic mass is 16.1. The quantitative estimate of drug-likeness (QED) is 0.683. The van der Waals surface area contributed by atoms with E-state index in [0.29, 0.717) is 17.8 Å². The van der Waals surface area contributed by atoms with Crippen LogP contribution in [-0.2, 0) is 0 Å². The Bertz CT molecular complexity index is 352. The minimum atomic E-state index is -0.131. The van der Waals surface area contributed by atoms with Crippen molar-refractivity contribution in [2.45, 2.75) is 6.92 Å². The minimum absolute atomic E-state index is 0.131. The molecule has 0 saturated heterocycles. The first-order valence-corrected chi connectivity index (χ1v) is 4.03. The van der Waals surface area contributed by atoms with Crippen LogP contribution in [0.1, 0.15) is 17.3 Å². The van der Waals surface area contributed by atoms with Crippen LogP contribution >= 0.6 is 0 Å². The average molecular weight is 174 g/mol. The molecular weight excluding hydrogens is 164 g/mol. The molecule has 0 aromatic heterocycles. The van der Waals surface area contributed by atoms with Gasteiger partial charge in [-0.2, -0.15) is 0 Å². The molecule has 0 aliphatic heterocycles. The fourth-order valence-corrected chi connectivity index (χ4v) is 0.979. The molecule has 0 radical (unpaired) electrons. The first kappa shape index (κ1) is 9.27. The third-order valence-electron chi connectivity index (χ3n) is 1.57. The van der Waals surface area contributed by atoms with Crippen LogP contribution in [0.25, 0.3) is 4.85 Å². The monoisotopic (exact) mass is 174 g/mol. The summed E-state index contributed by atoms with van der Waals surface area (Å²) in [5, 5.41) is 2.67. The van der Waals surface area contributed by atoms with Crippen LogP contribution in [0.2, 0.25) is 0 Å². The van der Waals surface area contributed by atoms with E-state index in [1.807, 2.05) is 6.92 Å². The standard InChI is InChI=1S/C10H10N2O/c1-3-12-10(13)8-5-4-6-9(7-8)11-2/h4-7H,3H2,1H3,(H,12,13). The van der Waals surface area contributed by atoms with Gasteiger partial charge in [0.05, 0.1) is 6.57 Å². The SMILES string of the molecule is [C-]#[N+]c1cccc(C(=O)NCC)c1. The molecule has 0 aliphatic carbocycles. The van der Waals surface area contributed by atoms with Crippen molar-refractivity contribution >= 4 is 11.6 Å². The number of hydrogen-bond acceptors (Lipinski definition) is 1. The van der Waals surface area contributed by atoms with E-state index in [2.05, 4.69) is 10.2 Å². The highest BCUT2D eigenvalue weighted by molar-refractivity contribution is 5.95. The third-order valence-corrected chi connectivity index (χ3v) is 1.57. The minimum Gasteiger partial charge on any atom is -0.352 e. The predicted molar refractivity (Wildman–Crippen MR) is 50.7 cm³/mol. The van der Waals surface area contributed by atoms with Crippen LogP contribution in [0.4, 0.5) is 5.69 Å². The molecule has 1 N–H and O–H groups in total. The second-order valence-corrected chi connectivity index (χ2v) is 2.52. The van der Waals surface area contributed by atoms with E-state index >= 15 is 0 Å². The lowest BCUT2D eigenvalue weighted by molar-refractivity contribution is 0.0956. The maximum atomic E-state index is 11.3. The Labute approximate surface area is 77.2 Å². The maximum Gasteiger partial charge on any atom is 0.249 e. The summed E-state index contributed by atoms with van der Waals surface area (Å²) in [4.78, 5) is 14.5. The largest absolute Gasteiger partial charge is 0.352 e. The van der Waals surface area contributed by atoms with Gasteiger partial charge in [-0.25, -0.2) is 4.85 Å². The van der Waals surface area contributed by atoms with Crippen LogP contribution in [-0.4, -0.2) is 12.5 Å². The van der Waals surface area contributed by atoms with Crippen LogP contribution in [0.15, 0.2) is 24.3 Å². The zero-order valence-corrected chi connectivity index (χ0v) is 7.37. The van der Waals surface area contributed by atoms with Gasteiger partial charge in [0.15, 0.2) is 5.69 Å². The summed E-state index contributed by atoms with van der Waals surface area (Å²) in [5.74, 6) is -0.131. The summed E-state index contributed by atoms with van der Waals surface area (Å²) in [6.07, 6.45) is 0. The Morgan fingerprint density at radius 3 is 3.00 bits per heavy atom. The number of nitrogens with one attached hydrogen (secondary N) is 1. The molecule has 0 unspecified atom stereocenters. The Kier molecular flexibility index (Phi) is 3.04. The van der Waals surface area contributed by atoms with Crippen molar-refractivity contribution in [3.8, 4) is 0 Å². The Hall–Kier alpha value is -1.82. The fourth-order valence-electron chi connectivity index (χ4n) is 0.979. The molecular formula is C10H10N2O. The maximum absolute atomic E-state index is 11.3. The van der Waals surface area contributed by atoms with Crippen molar-refractivity contribution in [1.82, 2.24) is 5.32 Å². The second-order valence-electron chi connectivity index (χ2n) is 2.52. The zero-order valence-electron chi connectivity index (χ0n) is 7.37. The molecule has 1 aromatic carbocycles. The lowest BCUT2D eigenvalue weighted by Crippen LogP contribution is -2.22. The van der Waals surface area contributed by atoms with E-state index in [-0.39, 0.29) is 5.91 Å². The zero-order chi connectivity index (χ0) is 9.68. The number of nitrogens with zero attached hydrogens (tertiary/aromatic N) is 1. The van der Waals surface area contributed by atoms with Crippen LogP contribution < -0.4 is 5.32 Å². The Balaban J connectivity index is 2.90. The molecule has 1 rings (SSSR count). The molecule has 0 aliphatic rings. The Morgan fingerprint density at radius 2 is 2.38 bits per heavy atom. The van der Waals surface area contributed by atoms with Crippen molar-refractivity contribution in [1.29, 1.82) is 0 Å². The van der Waals surface area contributed by atoms with Crippen molar-refractivity contribution in [3.05, 3.63) is 41.2 Å². The van der Waals surface area contributed by atoms with E-state index in [1.54, 1.807) is 24.3 Å². The summed E-state index contributed by atoms with van der Waals surface area (Å²) in [7, 11) is 0. The molecule has 0 spiro atoms. The molecule has 0 atom stereocenters.